The van der Waals surface area contributed by atoms with Crippen LogP contribution in [0.1, 0.15) is 49.2 Å². The maximum atomic E-state index is 13.3. The van der Waals surface area contributed by atoms with E-state index in [1.807, 2.05) is 30.3 Å². The Morgan fingerprint density at radius 3 is 1.88 bits per heavy atom. The van der Waals surface area contributed by atoms with E-state index in [1.165, 1.54) is 6.07 Å². The third-order valence-corrected chi connectivity index (χ3v) is 5.43. The lowest BCUT2D eigenvalue weighted by Crippen LogP contribution is -2.63. The molecule has 40 heavy (non-hydrogen) atoms. The van der Waals surface area contributed by atoms with Crippen molar-refractivity contribution in [3.8, 4) is 11.8 Å². The van der Waals surface area contributed by atoms with Gasteiger partial charge in [0, 0.05) is 38.8 Å². The molecule has 210 valence electrons. The van der Waals surface area contributed by atoms with Crippen molar-refractivity contribution in [1.82, 2.24) is 0 Å². The summed E-state index contributed by atoms with van der Waals surface area (Å²) in [5.41, 5.74) is 1.16. The van der Waals surface area contributed by atoms with Crippen molar-refractivity contribution < 1.29 is 52.4 Å². The van der Waals surface area contributed by atoms with Crippen molar-refractivity contribution in [1.29, 1.82) is 0 Å². The lowest BCUT2D eigenvalue weighted by molar-refractivity contribution is -0.294. The molecule has 0 unspecified atom stereocenters. The minimum atomic E-state index is -1.65. The topological polar surface area (TPSA) is 141 Å². The zero-order chi connectivity index (χ0) is 29.2. The van der Waals surface area contributed by atoms with Gasteiger partial charge in [0.1, 0.15) is 12.7 Å². The molecule has 1 aliphatic heterocycles. The number of esters is 5. The normalized spacial score (nSPS) is 21.6. The molecule has 2 aromatic carbocycles. The fourth-order valence-electron chi connectivity index (χ4n) is 3.88. The molecule has 0 aromatic heterocycles. The molecule has 3 rings (SSSR count). The van der Waals surface area contributed by atoms with E-state index in [9.17, 15) is 24.0 Å². The molecule has 0 saturated carbocycles. The van der Waals surface area contributed by atoms with Crippen LogP contribution < -0.4 is 0 Å². The van der Waals surface area contributed by atoms with Crippen molar-refractivity contribution in [2.24, 2.45) is 0 Å². The van der Waals surface area contributed by atoms with Gasteiger partial charge in [-0.1, -0.05) is 42.2 Å². The molecule has 0 aliphatic carbocycles. The van der Waals surface area contributed by atoms with Gasteiger partial charge in [-0.3, -0.25) is 19.2 Å². The van der Waals surface area contributed by atoms with Crippen LogP contribution in [0.2, 0.25) is 0 Å². The molecule has 0 N–H and O–H groups in total. The number of hydrogen-bond acceptors (Lipinski definition) is 11. The van der Waals surface area contributed by atoms with Gasteiger partial charge in [0.05, 0.1) is 5.56 Å². The fourth-order valence-corrected chi connectivity index (χ4v) is 3.88. The summed E-state index contributed by atoms with van der Waals surface area (Å²) in [6.07, 6.45) is -7.28. The third-order valence-electron chi connectivity index (χ3n) is 5.43. The first-order valence-corrected chi connectivity index (χ1v) is 12.2. The Morgan fingerprint density at radius 2 is 1.25 bits per heavy atom. The quantitative estimate of drug-likeness (QED) is 0.284. The van der Waals surface area contributed by atoms with Gasteiger partial charge in [-0.25, -0.2) is 4.79 Å². The van der Waals surface area contributed by atoms with Gasteiger partial charge >= 0.3 is 29.8 Å². The third kappa shape index (κ3) is 8.41. The highest BCUT2D eigenvalue weighted by atomic mass is 16.7. The lowest BCUT2D eigenvalue weighted by atomic mass is 9.98. The standard InChI is InChI=1S/C29H28O11/c1-17(30)35-16-24-25(36-18(2)31)26(37-19(3)32)27(38-20(4)33)29(39-24)40-28(34)23-13-9-8-12-22(23)15-14-21-10-6-5-7-11-21/h5-13,24-27,29H,16H2,1-4H3/t24-,25-,26+,27+,29-/m1/s1. The molecule has 0 bridgehead atoms. The molecule has 1 saturated heterocycles. The Hall–Kier alpha value is -4.69. The van der Waals surface area contributed by atoms with Gasteiger partial charge in [-0.05, 0) is 24.3 Å². The molecule has 5 atom stereocenters. The van der Waals surface area contributed by atoms with E-state index in [0.29, 0.717) is 5.56 Å². The second kappa shape index (κ2) is 13.9. The Morgan fingerprint density at radius 1 is 0.675 bits per heavy atom. The summed E-state index contributed by atoms with van der Waals surface area (Å²) >= 11 is 0. The van der Waals surface area contributed by atoms with Crippen LogP contribution in [0.3, 0.4) is 0 Å². The van der Waals surface area contributed by atoms with Gasteiger partial charge in [-0.2, -0.15) is 0 Å². The first kappa shape index (κ1) is 29.9. The SMILES string of the molecule is CC(=O)OC[C@H]1O[C@H](OC(=O)c2ccccc2C#Cc2ccccc2)[C@@H](OC(C)=O)[C@@H](OC(C)=O)[C@@H]1OC(C)=O. The number of rotatable bonds is 7. The van der Waals surface area contributed by atoms with Crippen LogP contribution in [0.5, 0.6) is 0 Å². The smallest absolute Gasteiger partial charge is 0.341 e. The molecule has 1 aliphatic rings. The average molecular weight is 553 g/mol. The van der Waals surface area contributed by atoms with Crippen LogP contribution in [0.15, 0.2) is 54.6 Å². The number of carbonyl (C=O) groups excluding carboxylic acids is 5. The maximum absolute atomic E-state index is 13.3. The Bertz CT molecular complexity index is 1310. The number of hydrogen-bond donors (Lipinski definition) is 0. The van der Waals surface area contributed by atoms with Crippen LogP contribution in [-0.4, -0.2) is 67.2 Å². The van der Waals surface area contributed by atoms with Gasteiger partial charge < -0.3 is 28.4 Å². The molecule has 0 spiro atoms. The van der Waals surface area contributed by atoms with Gasteiger partial charge in [0.2, 0.25) is 12.4 Å². The number of ether oxygens (including phenoxy) is 6. The summed E-state index contributed by atoms with van der Waals surface area (Å²) in [6.45, 7) is 3.98. The molecular weight excluding hydrogens is 524 g/mol. The van der Waals surface area contributed by atoms with Crippen LogP contribution >= 0.6 is 0 Å². The average Bonchev–Trinajstić information content (AvgIpc) is 2.89. The first-order valence-electron chi connectivity index (χ1n) is 12.2. The van der Waals surface area contributed by atoms with Crippen LogP contribution in [-0.2, 0) is 47.6 Å². The summed E-state index contributed by atoms with van der Waals surface area (Å²) in [7, 11) is 0. The zero-order valence-corrected chi connectivity index (χ0v) is 22.3. The molecule has 0 amide bonds. The second-order valence-electron chi connectivity index (χ2n) is 8.63. The second-order valence-corrected chi connectivity index (χ2v) is 8.63. The minimum Gasteiger partial charge on any atom is -0.463 e. The summed E-state index contributed by atoms with van der Waals surface area (Å²) in [4.78, 5) is 60.7. The summed E-state index contributed by atoms with van der Waals surface area (Å²) in [6, 6.07) is 15.5. The predicted octanol–water partition coefficient (Wildman–Crippen LogP) is 2.33. The van der Waals surface area contributed by atoms with Crippen LogP contribution in [0, 0.1) is 11.8 Å². The largest absolute Gasteiger partial charge is 0.463 e. The van der Waals surface area contributed by atoms with Crippen molar-refractivity contribution in [3.63, 3.8) is 0 Å². The fraction of sp³-hybridized carbons (Fsp3) is 0.345. The van der Waals surface area contributed by atoms with E-state index < -0.39 is 67.2 Å². The zero-order valence-electron chi connectivity index (χ0n) is 22.3. The Labute approximate surface area is 230 Å². The van der Waals surface area contributed by atoms with Crippen molar-refractivity contribution in [2.45, 2.75) is 58.4 Å². The monoisotopic (exact) mass is 552 g/mol. The van der Waals surface area contributed by atoms with E-state index in [1.54, 1.807) is 18.2 Å². The summed E-state index contributed by atoms with van der Waals surface area (Å²) in [5, 5.41) is 0. The summed E-state index contributed by atoms with van der Waals surface area (Å²) < 4.78 is 32.5. The molecule has 11 heteroatoms. The van der Waals surface area contributed by atoms with Gasteiger partial charge in [0.15, 0.2) is 12.2 Å². The maximum Gasteiger partial charge on any atom is 0.341 e. The van der Waals surface area contributed by atoms with Gasteiger partial charge in [0.25, 0.3) is 0 Å². The van der Waals surface area contributed by atoms with E-state index in [0.717, 1.165) is 33.3 Å². The molecular formula is C29H28O11. The van der Waals surface area contributed by atoms with Crippen LogP contribution in [0.25, 0.3) is 0 Å². The van der Waals surface area contributed by atoms with E-state index in [2.05, 4.69) is 11.8 Å². The van der Waals surface area contributed by atoms with E-state index in [4.69, 9.17) is 28.4 Å². The summed E-state index contributed by atoms with van der Waals surface area (Å²) in [5.74, 6) is 1.94. The lowest BCUT2D eigenvalue weighted by Gasteiger charge is -2.43. The number of carbonyl (C=O) groups is 5. The van der Waals surface area contributed by atoms with E-state index in [-0.39, 0.29) is 5.56 Å². The molecule has 1 fully saturated rings. The van der Waals surface area contributed by atoms with Gasteiger partial charge in [-0.15, -0.1) is 0 Å². The van der Waals surface area contributed by atoms with Crippen molar-refractivity contribution in [2.75, 3.05) is 6.61 Å². The molecule has 1 heterocycles. The van der Waals surface area contributed by atoms with Crippen LogP contribution in [0.4, 0.5) is 0 Å². The Balaban J connectivity index is 1.97. The highest BCUT2D eigenvalue weighted by molar-refractivity contribution is 5.92. The van der Waals surface area contributed by atoms with E-state index >= 15 is 0 Å². The first-order chi connectivity index (χ1) is 19.0. The highest BCUT2D eigenvalue weighted by Gasteiger charge is 2.53. The molecule has 11 nitrogen and oxygen atoms in total. The minimum absolute atomic E-state index is 0.0822. The highest BCUT2D eigenvalue weighted by Crippen LogP contribution is 2.30. The number of benzene rings is 2. The Kier molecular flexibility index (Phi) is 10.4. The van der Waals surface area contributed by atoms with Crippen molar-refractivity contribution in [3.05, 3.63) is 71.3 Å². The molecule has 2 aromatic rings. The molecule has 0 radical (unpaired) electrons. The predicted molar refractivity (Wildman–Crippen MR) is 136 cm³/mol. The van der Waals surface area contributed by atoms with Crippen molar-refractivity contribution >= 4 is 29.8 Å².